The third-order valence-corrected chi connectivity index (χ3v) is 3.37. The van der Waals surface area contributed by atoms with Gasteiger partial charge in [0.15, 0.2) is 23.2 Å². The quantitative estimate of drug-likeness (QED) is 0.757. The Labute approximate surface area is 123 Å². The summed E-state index contributed by atoms with van der Waals surface area (Å²) in [5, 5.41) is 4.15. The molecule has 0 aliphatic rings. The molecule has 0 atom stereocenters. The molecule has 1 aromatic heterocycles. The van der Waals surface area contributed by atoms with Gasteiger partial charge in [0.25, 0.3) is 0 Å². The van der Waals surface area contributed by atoms with E-state index in [9.17, 15) is 8.78 Å². The Hall–Kier alpha value is -2.40. The molecule has 0 bridgehead atoms. The van der Waals surface area contributed by atoms with Gasteiger partial charge in [0.05, 0.1) is 5.56 Å². The van der Waals surface area contributed by atoms with E-state index in [1.165, 1.54) is 6.07 Å². The molecule has 21 heavy (non-hydrogen) atoms. The van der Waals surface area contributed by atoms with Crippen molar-refractivity contribution in [2.75, 3.05) is 5.73 Å². The molecule has 3 rings (SSSR count). The number of anilines is 1. The van der Waals surface area contributed by atoms with Crippen molar-refractivity contribution in [2.45, 2.75) is 0 Å². The minimum Gasteiger partial charge on any atom is -0.380 e. The molecule has 0 spiro atoms. The Morgan fingerprint density at radius 2 is 1.81 bits per heavy atom. The molecule has 0 aliphatic carbocycles. The topological polar surface area (TPSA) is 52.0 Å². The molecule has 2 N–H and O–H groups in total. The monoisotopic (exact) mass is 306 g/mol. The van der Waals surface area contributed by atoms with Crippen LogP contribution in [0.2, 0.25) is 5.02 Å². The lowest BCUT2D eigenvalue weighted by atomic mass is 10.0. The van der Waals surface area contributed by atoms with E-state index in [1.54, 1.807) is 24.3 Å². The van der Waals surface area contributed by atoms with Crippen LogP contribution in [0, 0.1) is 11.6 Å². The summed E-state index contributed by atoms with van der Waals surface area (Å²) in [6, 6.07) is 10.4. The second kappa shape index (κ2) is 5.18. The van der Waals surface area contributed by atoms with Gasteiger partial charge >= 0.3 is 0 Å². The average molecular weight is 307 g/mol. The Balaban J connectivity index is 2.22. The van der Waals surface area contributed by atoms with Gasteiger partial charge in [0.1, 0.15) is 0 Å². The zero-order valence-corrected chi connectivity index (χ0v) is 11.4. The molecule has 0 radical (unpaired) electrons. The predicted octanol–water partition coefficient (Wildman–Crippen LogP) is 4.52. The van der Waals surface area contributed by atoms with E-state index in [2.05, 4.69) is 5.16 Å². The first-order chi connectivity index (χ1) is 10.1. The Morgan fingerprint density at radius 1 is 1.05 bits per heavy atom. The van der Waals surface area contributed by atoms with E-state index >= 15 is 0 Å². The summed E-state index contributed by atoms with van der Waals surface area (Å²) in [6.45, 7) is 0. The molecule has 2 aromatic carbocycles. The molecular formula is C15H9ClF2N2O. The SMILES string of the molecule is Nc1noc(-c2ccc(F)c(F)c2)c1-c1ccccc1Cl. The summed E-state index contributed by atoms with van der Waals surface area (Å²) in [4.78, 5) is 0. The van der Waals surface area contributed by atoms with E-state index in [0.29, 0.717) is 21.7 Å². The smallest absolute Gasteiger partial charge is 0.177 e. The van der Waals surface area contributed by atoms with E-state index in [4.69, 9.17) is 21.9 Å². The predicted molar refractivity (Wildman–Crippen MR) is 76.7 cm³/mol. The molecule has 3 nitrogen and oxygen atoms in total. The third kappa shape index (κ3) is 2.36. The normalized spacial score (nSPS) is 10.8. The average Bonchev–Trinajstić information content (AvgIpc) is 2.84. The molecule has 106 valence electrons. The summed E-state index contributed by atoms with van der Waals surface area (Å²) in [6.07, 6.45) is 0. The van der Waals surface area contributed by atoms with Crippen LogP contribution >= 0.6 is 11.6 Å². The lowest BCUT2D eigenvalue weighted by Crippen LogP contribution is -1.90. The van der Waals surface area contributed by atoms with Crippen molar-refractivity contribution in [3.8, 4) is 22.5 Å². The number of hydrogen-bond acceptors (Lipinski definition) is 3. The highest BCUT2D eigenvalue weighted by atomic mass is 35.5. The van der Waals surface area contributed by atoms with Crippen LogP contribution in [0.3, 0.4) is 0 Å². The largest absolute Gasteiger partial charge is 0.380 e. The first-order valence-electron chi connectivity index (χ1n) is 6.03. The fraction of sp³-hybridized carbons (Fsp3) is 0. The highest BCUT2D eigenvalue weighted by Crippen LogP contribution is 2.39. The van der Waals surface area contributed by atoms with Gasteiger partial charge in [-0.2, -0.15) is 0 Å². The van der Waals surface area contributed by atoms with Gasteiger partial charge in [-0.1, -0.05) is 35.0 Å². The summed E-state index contributed by atoms with van der Waals surface area (Å²) in [7, 11) is 0. The standard InChI is InChI=1S/C15H9ClF2N2O/c16-10-4-2-1-3-9(10)13-14(21-20-15(13)19)8-5-6-11(17)12(18)7-8/h1-7H,(H2,19,20). The maximum atomic E-state index is 13.4. The fourth-order valence-corrected chi connectivity index (χ4v) is 2.29. The van der Waals surface area contributed by atoms with Crippen molar-refractivity contribution in [3.63, 3.8) is 0 Å². The van der Waals surface area contributed by atoms with Crippen LogP contribution < -0.4 is 5.73 Å². The highest BCUT2D eigenvalue weighted by Gasteiger charge is 2.20. The van der Waals surface area contributed by atoms with E-state index < -0.39 is 11.6 Å². The zero-order valence-electron chi connectivity index (χ0n) is 10.6. The van der Waals surface area contributed by atoms with Gasteiger partial charge in [-0.25, -0.2) is 8.78 Å². The number of nitrogens with two attached hydrogens (primary N) is 1. The van der Waals surface area contributed by atoms with E-state index in [1.807, 2.05) is 0 Å². The minimum absolute atomic E-state index is 0.128. The number of aromatic nitrogens is 1. The molecule has 1 heterocycles. The van der Waals surface area contributed by atoms with Gasteiger partial charge < -0.3 is 10.3 Å². The Kier molecular flexibility index (Phi) is 3.35. The summed E-state index contributed by atoms with van der Waals surface area (Å²) < 4.78 is 31.6. The van der Waals surface area contributed by atoms with Crippen LogP contribution in [0.15, 0.2) is 47.0 Å². The van der Waals surface area contributed by atoms with Crippen LogP contribution in [-0.2, 0) is 0 Å². The molecule has 0 amide bonds. The van der Waals surface area contributed by atoms with Gasteiger partial charge in [0.2, 0.25) is 0 Å². The number of hydrogen-bond donors (Lipinski definition) is 1. The lowest BCUT2D eigenvalue weighted by molar-refractivity contribution is 0.435. The van der Waals surface area contributed by atoms with Crippen LogP contribution in [-0.4, -0.2) is 5.16 Å². The highest BCUT2D eigenvalue weighted by molar-refractivity contribution is 6.33. The third-order valence-electron chi connectivity index (χ3n) is 3.04. The summed E-state index contributed by atoms with van der Waals surface area (Å²) >= 11 is 6.14. The Morgan fingerprint density at radius 3 is 2.52 bits per heavy atom. The fourth-order valence-electron chi connectivity index (χ4n) is 2.06. The number of nitrogen functional groups attached to an aromatic ring is 1. The van der Waals surface area contributed by atoms with Crippen LogP contribution in [0.1, 0.15) is 0 Å². The number of benzene rings is 2. The van der Waals surface area contributed by atoms with Gasteiger partial charge in [-0.15, -0.1) is 0 Å². The first-order valence-corrected chi connectivity index (χ1v) is 6.41. The van der Waals surface area contributed by atoms with Gasteiger partial charge in [-0.3, -0.25) is 0 Å². The van der Waals surface area contributed by atoms with Crippen molar-refractivity contribution >= 4 is 17.4 Å². The van der Waals surface area contributed by atoms with Crippen LogP contribution in [0.4, 0.5) is 14.6 Å². The van der Waals surface area contributed by atoms with E-state index in [-0.39, 0.29) is 11.6 Å². The number of nitrogens with zero attached hydrogens (tertiary/aromatic N) is 1. The molecule has 0 unspecified atom stereocenters. The molecule has 6 heteroatoms. The molecular weight excluding hydrogens is 298 g/mol. The molecule has 0 fully saturated rings. The molecule has 0 saturated carbocycles. The van der Waals surface area contributed by atoms with Crippen molar-refractivity contribution < 1.29 is 13.3 Å². The van der Waals surface area contributed by atoms with Crippen LogP contribution in [0.25, 0.3) is 22.5 Å². The Bertz CT molecular complexity index is 817. The first kappa shape index (κ1) is 13.6. The molecule has 0 aliphatic heterocycles. The second-order valence-corrected chi connectivity index (χ2v) is 4.79. The van der Waals surface area contributed by atoms with Crippen molar-refractivity contribution in [3.05, 3.63) is 59.1 Å². The number of halogens is 3. The second-order valence-electron chi connectivity index (χ2n) is 4.38. The summed E-state index contributed by atoms with van der Waals surface area (Å²) in [5.41, 5.74) is 7.20. The van der Waals surface area contributed by atoms with E-state index in [0.717, 1.165) is 12.1 Å². The summed E-state index contributed by atoms with van der Waals surface area (Å²) in [5.74, 6) is -1.56. The maximum absolute atomic E-state index is 13.4. The number of rotatable bonds is 2. The van der Waals surface area contributed by atoms with Gasteiger partial charge in [0, 0.05) is 16.1 Å². The van der Waals surface area contributed by atoms with Crippen molar-refractivity contribution in [1.29, 1.82) is 0 Å². The minimum atomic E-state index is -0.979. The van der Waals surface area contributed by atoms with Crippen molar-refractivity contribution in [1.82, 2.24) is 5.16 Å². The zero-order chi connectivity index (χ0) is 15.0. The maximum Gasteiger partial charge on any atom is 0.177 e. The van der Waals surface area contributed by atoms with Gasteiger partial charge in [-0.05, 0) is 24.3 Å². The molecule has 3 aromatic rings. The molecule has 0 saturated heterocycles. The van der Waals surface area contributed by atoms with Crippen molar-refractivity contribution in [2.24, 2.45) is 0 Å². The van der Waals surface area contributed by atoms with Crippen LogP contribution in [0.5, 0.6) is 0 Å². The lowest BCUT2D eigenvalue weighted by Gasteiger charge is -2.05.